The van der Waals surface area contributed by atoms with Gasteiger partial charge in [0.25, 0.3) is 5.56 Å². The van der Waals surface area contributed by atoms with E-state index in [4.69, 9.17) is 0 Å². The lowest BCUT2D eigenvalue weighted by Crippen LogP contribution is -2.15. The zero-order valence-electron chi connectivity index (χ0n) is 12.4. The SMILES string of the molecule is O=c1[nH]nc(-c2cccc(F)c2)cc1Cc1ccc2nsnc2c1. The number of nitrogens with one attached hydrogen (secondary N) is 1. The molecule has 1 N–H and O–H groups in total. The van der Waals surface area contributed by atoms with Gasteiger partial charge in [-0.2, -0.15) is 13.8 Å². The number of nitrogens with zero attached hydrogens (tertiary/aromatic N) is 3. The van der Waals surface area contributed by atoms with Gasteiger partial charge < -0.3 is 0 Å². The second-order valence-electron chi connectivity index (χ2n) is 5.38. The van der Waals surface area contributed by atoms with Crippen LogP contribution in [0.2, 0.25) is 0 Å². The highest BCUT2D eigenvalue weighted by Crippen LogP contribution is 2.19. The predicted octanol–water partition coefficient (Wildman–Crippen LogP) is 3.17. The fourth-order valence-corrected chi connectivity index (χ4v) is 3.05. The Kier molecular flexibility index (Phi) is 3.62. The molecule has 0 saturated heterocycles. The first-order valence-electron chi connectivity index (χ1n) is 7.25. The van der Waals surface area contributed by atoms with Gasteiger partial charge in [-0.15, -0.1) is 0 Å². The van der Waals surface area contributed by atoms with Crippen molar-refractivity contribution in [3.05, 3.63) is 75.8 Å². The molecule has 0 atom stereocenters. The molecule has 4 aromatic rings. The molecule has 0 bridgehead atoms. The van der Waals surface area contributed by atoms with Crippen LogP contribution in [0.25, 0.3) is 22.3 Å². The summed E-state index contributed by atoms with van der Waals surface area (Å²) in [5, 5.41) is 6.49. The van der Waals surface area contributed by atoms with Crippen LogP contribution in [0.15, 0.2) is 53.3 Å². The second-order valence-corrected chi connectivity index (χ2v) is 5.91. The van der Waals surface area contributed by atoms with Gasteiger partial charge in [-0.05, 0) is 35.9 Å². The topological polar surface area (TPSA) is 71.5 Å². The number of aromatic amines is 1. The van der Waals surface area contributed by atoms with E-state index in [0.717, 1.165) is 28.3 Å². The fourth-order valence-electron chi connectivity index (χ4n) is 2.53. The molecule has 5 nitrogen and oxygen atoms in total. The third-order valence-corrected chi connectivity index (χ3v) is 4.27. The molecule has 2 aromatic heterocycles. The minimum atomic E-state index is -0.344. The quantitative estimate of drug-likeness (QED) is 0.623. The molecule has 7 heteroatoms. The average molecular weight is 338 g/mol. The fraction of sp³-hybridized carbons (Fsp3) is 0.0588. The van der Waals surface area contributed by atoms with Crippen molar-refractivity contribution in [3.63, 3.8) is 0 Å². The number of H-pyrrole nitrogens is 1. The van der Waals surface area contributed by atoms with Gasteiger partial charge in [0.2, 0.25) is 0 Å². The van der Waals surface area contributed by atoms with Gasteiger partial charge in [0.15, 0.2) is 0 Å². The Labute approximate surface area is 140 Å². The van der Waals surface area contributed by atoms with E-state index in [2.05, 4.69) is 18.9 Å². The smallest absolute Gasteiger partial charge is 0.267 e. The van der Waals surface area contributed by atoms with Crippen molar-refractivity contribution in [1.82, 2.24) is 18.9 Å². The first-order valence-corrected chi connectivity index (χ1v) is 7.98. The van der Waals surface area contributed by atoms with Crippen molar-refractivity contribution in [1.29, 1.82) is 0 Å². The molecular weight excluding hydrogens is 327 g/mol. The standard InChI is InChI=1S/C17H11FN4OS/c18-13-3-1-2-11(8-13)15-9-12(17(23)20-19-15)6-10-4-5-14-16(7-10)22-24-21-14/h1-5,7-9H,6H2,(H,20,23). The summed E-state index contributed by atoms with van der Waals surface area (Å²) in [4.78, 5) is 12.1. The van der Waals surface area contributed by atoms with Crippen LogP contribution >= 0.6 is 11.7 Å². The normalized spacial score (nSPS) is 11.0. The highest BCUT2D eigenvalue weighted by molar-refractivity contribution is 7.00. The van der Waals surface area contributed by atoms with Gasteiger partial charge in [-0.3, -0.25) is 4.79 Å². The van der Waals surface area contributed by atoms with E-state index < -0.39 is 0 Å². The van der Waals surface area contributed by atoms with Crippen LogP contribution in [0.1, 0.15) is 11.1 Å². The minimum Gasteiger partial charge on any atom is -0.268 e. The van der Waals surface area contributed by atoms with Crippen molar-refractivity contribution in [2.24, 2.45) is 0 Å². The van der Waals surface area contributed by atoms with Crippen molar-refractivity contribution in [2.45, 2.75) is 6.42 Å². The van der Waals surface area contributed by atoms with E-state index in [-0.39, 0.29) is 11.4 Å². The van der Waals surface area contributed by atoms with Gasteiger partial charge in [0, 0.05) is 17.5 Å². The Morgan fingerprint density at radius 2 is 1.92 bits per heavy atom. The van der Waals surface area contributed by atoms with Gasteiger partial charge in [0.05, 0.1) is 17.4 Å². The molecule has 0 radical (unpaired) electrons. The van der Waals surface area contributed by atoms with Crippen LogP contribution < -0.4 is 5.56 Å². The Morgan fingerprint density at radius 3 is 2.79 bits per heavy atom. The summed E-state index contributed by atoms with van der Waals surface area (Å²) in [5.41, 5.74) is 4.06. The second kappa shape index (κ2) is 5.93. The first-order chi connectivity index (χ1) is 11.7. The van der Waals surface area contributed by atoms with Crippen LogP contribution in [0.4, 0.5) is 4.39 Å². The number of rotatable bonds is 3. The monoisotopic (exact) mass is 338 g/mol. The molecule has 4 rings (SSSR count). The van der Waals surface area contributed by atoms with E-state index in [1.165, 1.54) is 12.1 Å². The lowest BCUT2D eigenvalue weighted by molar-refractivity contribution is 0.628. The number of fused-ring (bicyclic) bond motifs is 1. The molecule has 0 unspecified atom stereocenters. The number of hydrogen-bond acceptors (Lipinski definition) is 5. The van der Waals surface area contributed by atoms with Gasteiger partial charge in [0.1, 0.15) is 16.9 Å². The molecule has 0 aliphatic heterocycles. The van der Waals surface area contributed by atoms with E-state index >= 15 is 0 Å². The Bertz CT molecular complexity index is 1090. The highest BCUT2D eigenvalue weighted by Gasteiger charge is 2.08. The van der Waals surface area contributed by atoms with E-state index in [9.17, 15) is 9.18 Å². The molecule has 0 saturated carbocycles. The van der Waals surface area contributed by atoms with Crippen molar-refractivity contribution >= 4 is 22.8 Å². The molecule has 24 heavy (non-hydrogen) atoms. The maximum Gasteiger partial charge on any atom is 0.267 e. The molecule has 0 aliphatic carbocycles. The highest BCUT2D eigenvalue weighted by atomic mass is 32.1. The summed E-state index contributed by atoms with van der Waals surface area (Å²) in [6.45, 7) is 0. The maximum atomic E-state index is 13.4. The summed E-state index contributed by atoms with van der Waals surface area (Å²) in [7, 11) is 0. The molecule has 118 valence electrons. The average Bonchev–Trinajstić information content (AvgIpc) is 3.04. The number of halogens is 1. The zero-order valence-corrected chi connectivity index (χ0v) is 13.2. The molecule has 2 heterocycles. The molecule has 0 spiro atoms. The van der Waals surface area contributed by atoms with Crippen molar-refractivity contribution in [2.75, 3.05) is 0 Å². The summed E-state index contributed by atoms with van der Waals surface area (Å²) in [6.07, 6.45) is 0.438. The molecule has 0 aliphatic rings. The first kappa shape index (κ1) is 14.6. The summed E-state index contributed by atoms with van der Waals surface area (Å²) in [6, 6.07) is 13.5. The maximum absolute atomic E-state index is 13.4. The molecule has 0 fully saturated rings. The van der Waals surface area contributed by atoms with Crippen LogP contribution in [-0.4, -0.2) is 18.9 Å². The number of aromatic nitrogens is 4. The lowest BCUT2D eigenvalue weighted by Gasteiger charge is -2.05. The Morgan fingerprint density at radius 1 is 1.04 bits per heavy atom. The molecular formula is C17H11FN4OS. The molecule has 2 aromatic carbocycles. The van der Waals surface area contributed by atoms with Crippen LogP contribution in [0, 0.1) is 5.82 Å². The van der Waals surface area contributed by atoms with Crippen LogP contribution in [0.5, 0.6) is 0 Å². The summed E-state index contributed by atoms with van der Waals surface area (Å²) >= 11 is 1.16. The summed E-state index contributed by atoms with van der Waals surface area (Å²) < 4.78 is 21.8. The van der Waals surface area contributed by atoms with Gasteiger partial charge in [-0.1, -0.05) is 18.2 Å². The minimum absolute atomic E-state index is 0.258. The largest absolute Gasteiger partial charge is 0.268 e. The zero-order chi connectivity index (χ0) is 16.5. The van der Waals surface area contributed by atoms with E-state index in [0.29, 0.717) is 23.2 Å². The predicted molar refractivity (Wildman–Crippen MR) is 90.5 cm³/mol. The number of hydrogen-bond donors (Lipinski definition) is 1. The van der Waals surface area contributed by atoms with E-state index in [1.807, 2.05) is 18.2 Å². The van der Waals surface area contributed by atoms with Gasteiger partial charge in [-0.25, -0.2) is 9.49 Å². The Balaban J connectivity index is 1.72. The summed E-state index contributed by atoms with van der Waals surface area (Å²) in [5.74, 6) is -0.344. The third-order valence-electron chi connectivity index (χ3n) is 3.71. The van der Waals surface area contributed by atoms with Crippen LogP contribution in [0.3, 0.4) is 0 Å². The van der Waals surface area contributed by atoms with Crippen LogP contribution in [-0.2, 0) is 6.42 Å². The number of benzene rings is 2. The molecule has 0 amide bonds. The van der Waals surface area contributed by atoms with Gasteiger partial charge >= 0.3 is 0 Å². The van der Waals surface area contributed by atoms with E-state index in [1.54, 1.807) is 18.2 Å². The van der Waals surface area contributed by atoms with Crippen molar-refractivity contribution < 1.29 is 4.39 Å². The third kappa shape index (κ3) is 2.81. The Hall–Kier alpha value is -2.93. The lowest BCUT2D eigenvalue weighted by atomic mass is 10.0. The van der Waals surface area contributed by atoms with Crippen molar-refractivity contribution in [3.8, 4) is 11.3 Å².